The van der Waals surface area contributed by atoms with E-state index in [1.54, 1.807) is 13.1 Å². The maximum absolute atomic E-state index is 11.9. The summed E-state index contributed by atoms with van der Waals surface area (Å²) in [6.07, 6.45) is 3.39. The highest BCUT2D eigenvalue weighted by atomic mass is 16.5. The van der Waals surface area contributed by atoms with Crippen LogP contribution in [0.1, 0.15) is 48.8 Å². The van der Waals surface area contributed by atoms with Gasteiger partial charge in [0.1, 0.15) is 5.56 Å². The van der Waals surface area contributed by atoms with Gasteiger partial charge in [-0.05, 0) is 32.3 Å². The molecule has 0 spiro atoms. The molecular formula is C14H20N2O3. The number of nitrogens with zero attached hydrogens (tertiary/aromatic N) is 2. The lowest BCUT2D eigenvalue weighted by molar-refractivity contribution is 0.0525. The van der Waals surface area contributed by atoms with Gasteiger partial charge in [-0.1, -0.05) is 6.58 Å². The topological polar surface area (TPSA) is 53.3 Å². The number of hydrogen-bond acceptors (Lipinski definition) is 4. The van der Waals surface area contributed by atoms with Crippen LogP contribution in [0.5, 0.6) is 0 Å². The average Bonchev–Trinajstić information content (AvgIpc) is 2.85. The van der Waals surface area contributed by atoms with Crippen LogP contribution in [0.25, 0.3) is 5.57 Å². The molecule has 0 N–H and O–H groups in total. The van der Waals surface area contributed by atoms with Crippen molar-refractivity contribution in [3.63, 3.8) is 0 Å². The monoisotopic (exact) mass is 264 g/mol. The third-order valence-electron chi connectivity index (χ3n) is 3.23. The molecule has 0 radical (unpaired) electrons. The molecule has 2 heterocycles. The quantitative estimate of drug-likeness (QED) is 0.784. The molecule has 0 unspecified atom stereocenters. The van der Waals surface area contributed by atoms with Gasteiger partial charge in [-0.25, -0.2) is 4.79 Å². The van der Waals surface area contributed by atoms with Crippen molar-refractivity contribution in [2.45, 2.75) is 32.7 Å². The normalized spacial score (nSPS) is 16.3. The molecule has 0 atom stereocenters. The van der Waals surface area contributed by atoms with Gasteiger partial charge in [-0.2, -0.15) is 5.10 Å². The fourth-order valence-electron chi connectivity index (χ4n) is 2.35. The first-order chi connectivity index (χ1) is 9.15. The Balaban J connectivity index is 2.33. The fourth-order valence-corrected chi connectivity index (χ4v) is 2.35. The molecule has 1 fully saturated rings. The number of carbonyl (C=O) groups excluding carboxylic acids is 1. The van der Waals surface area contributed by atoms with Crippen LogP contribution >= 0.6 is 0 Å². The predicted molar refractivity (Wildman–Crippen MR) is 72.0 cm³/mol. The van der Waals surface area contributed by atoms with Crippen molar-refractivity contribution >= 4 is 11.5 Å². The summed E-state index contributed by atoms with van der Waals surface area (Å²) in [4.78, 5) is 11.9. The van der Waals surface area contributed by atoms with Gasteiger partial charge in [0.05, 0.1) is 24.5 Å². The van der Waals surface area contributed by atoms with Crippen molar-refractivity contribution in [3.05, 3.63) is 24.0 Å². The van der Waals surface area contributed by atoms with Gasteiger partial charge in [-0.3, -0.25) is 4.68 Å². The van der Waals surface area contributed by atoms with E-state index < -0.39 is 0 Å². The highest BCUT2D eigenvalue weighted by Gasteiger charge is 2.24. The van der Waals surface area contributed by atoms with Crippen LogP contribution in [0.3, 0.4) is 0 Å². The highest BCUT2D eigenvalue weighted by Crippen LogP contribution is 2.27. The molecule has 5 nitrogen and oxygen atoms in total. The number of ether oxygens (including phenoxy) is 2. The van der Waals surface area contributed by atoms with Gasteiger partial charge in [-0.15, -0.1) is 0 Å². The molecule has 0 aliphatic carbocycles. The van der Waals surface area contributed by atoms with Crippen LogP contribution < -0.4 is 0 Å². The van der Waals surface area contributed by atoms with E-state index >= 15 is 0 Å². The Labute approximate surface area is 113 Å². The van der Waals surface area contributed by atoms with E-state index in [0.717, 1.165) is 37.3 Å². The minimum Gasteiger partial charge on any atom is -0.462 e. The zero-order valence-corrected chi connectivity index (χ0v) is 11.5. The van der Waals surface area contributed by atoms with Crippen LogP contribution in [-0.4, -0.2) is 35.6 Å². The first-order valence-corrected chi connectivity index (χ1v) is 6.63. The lowest BCUT2D eigenvalue weighted by atomic mass is 10.1. The van der Waals surface area contributed by atoms with E-state index in [-0.39, 0.29) is 12.0 Å². The molecule has 1 aliphatic heterocycles. The predicted octanol–water partition coefficient (Wildman–Crippen LogP) is 2.44. The van der Waals surface area contributed by atoms with Crippen LogP contribution in [-0.2, 0) is 9.47 Å². The second-order valence-corrected chi connectivity index (χ2v) is 4.70. The standard InChI is InChI=1S/C14H20N2O3/c1-4-19-14(17)12-9-15-16(13(12)10(2)3)11-5-7-18-8-6-11/h9,11H,2,4-8H2,1,3H3. The Kier molecular flexibility index (Phi) is 4.37. The number of hydrogen-bond donors (Lipinski definition) is 0. The summed E-state index contributed by atoms with van der Waals surface area (Å²) in [6, 6.07) is 0.267. The van der Waals surface area contributed by atoms with Crippen LogP contribution in [0.2, 0.25) is 0 Å². The van der Waals surface area contributed by atoms with Crippen molar-refractivity contribution < 1.29 is 14.3 Å². The summed E-state index contributed by atoms with van der Waals surface area (Å²) >= 11 is 0. The number of rotatable bonds is 4. The van der Waals surface area contributed by atoms with Gasteiger partial charge < -0.3 is 9.47 Å². The van der Waals surface area contributed by atoms with Crippen molar-refractivity contribution in [2.75, 3.05) is 19.8 Å². The van der Waals surface area contributed by atoms with Gasteiger partial charge in [0.2, 0.25) is 0 Å². The van der Waals surface area contributed by atoms with Gasteiger partial charge in [0.15, 0.2) is 0 Å². The fraction of sp³-hybridized carbons (Fsp3) is 0.571. The van der Waals surface area contributed by atoms with E-state index in [4.69, 9.17) is 9.47 Å². The van der Waals surface area contributed by atoms with E-state index in [9.17, 15) is 4.79 Å². The number of aromatic nitrogens is 2. The summed E-state index contributed by atoms with van der Waals surface area (Å²) < 4.78 is 12.3. The molecule has 2 rings (SSSR count). The summed E-state index contributed by atoms with van der Waals surface area (Å²) in [6.45, 7) is 9.45. The maximum atomic E-state index is 11.9. The third-order valence-corrected chi connectivity index (χ3v) is 3.23. The summed E-state index contributed by atoms with van der Waals surface area (Å²) in [5.74, 6) is -0.334. The molecule has 0 amide bonds. The van der Waals surface area contributed by atoms with Crippen LogP contribution in [0.4, 0.5) is 0 Å². The average molecular weight is 264 g/mol. The number of carbonyl (C=O) groups is 1. The Morgan fingerprint density at radius 1 is 1.58 bits per heavy atom. The molecule has 0 aromatic carbocycles. The van der Waals surface area contributed by atoms with E-state index in [1.165, 1.54) is 0 Å². The van der Waals surface area contributed by atoms with Crippen LogP contribution in [0, 0.1) is 0 Å². The Bertz CT molecular complexity index is 473. The Morgan fingerprint density at radius 3 is 2.84 bits per heavy atom. The van der Waals surface area contributed by atoms with Crippen molar-refractivity contribution in [1.82, 2.24) is 9.78 Å². The molecule has 5 heteroatoms. The molecule has 1 aromatic heterocycles. The summed E-state index contributed by atoms with van der Waals surface area (Å²) in [7, 11) is 0. The molecule has 1 aliphatic rings. The van der Waals surface area contributed by atoms with Gasteiger partial charge in [0, 0.05) is 13.2 Å². The van der Waals surface area contributed by atoms with Crippen molar-refractivity contribution in [2.24, 2.45) is 0 Å². The molecule has 0 saturated carbocycles. The minimum absolute atomic E-state index is 0.267. The summed E-state index contributed by atoms with van der Waals surface area (Å²) in [5.41, 5.74) is 2.11. The molecule has 19 heavy (non-hydrogen) atoms. The zero-order valence-electron chi connectivity index (χ0n) is 11.5. The molecule has 1 aromatic rings. The smallest absolute Gasteiger partial charge is 0.341 e. The Hall–Kier alpha value is -1.62. The van der Waals surface area contributed by atoms with E-state index in [2.05, 4.69) is 11.7 Å². The third kappa shape index (κ3) is 2.87. The first kappa shape index (κ1) is 13.8. The lowest BCUT2D eigenvalue weighted by Crippen LogP contribution is -2.22. The molecule has 0 bridgehead atoms. The van der Waals surface area contributed by atoms with E-state index in [1.807, 2.05) is 11.6 Å². The molecule has 104 valence electrons. The second kappa shape index (κ2) is 6.02. The minimum atomic E-state index is -0.334. The van der Waals surface area contributed by atoms with Gasteiger partial charge >= 0.3 is 5.97 Å². The van der Waals surface area contributed by atoms with Crippen LogP contribution in [0.15, 0.2) is 12.8 Å². The zero-order chi connectivity index (χ0) is 13.8. The van der Waals surface area contributed by atoms with Gasteiger partial charge in [0.25, 0.3) is 0 Å². The number of allylic oxidation sites excluding steroid dienone is 1. The van der Waals surface area contributed by atoms with Crippen molar-refractivity contribution in [3.8, 4) is 0 Å². The maximum Gasteiger partial charge on any atom is 0.341 e. The number of esters is 1. The SMILES string of the molecule is C=C(C)c1c(C(=O)OCC)cnn1C1CCOCC1. The lowest BCUT2D eigenvalue weighted by Gasteiger charge is -2.24. The summed E-state index contributed by atoms with van der Waals surface area (Å²) in [5, 5.41) is 4.36. The van der Waals surface area contributed by atoms with E-state index in [0.29, 0.717) is 12.2 Å². The first-order valence-electron chi connectivity index (χ1n) is 6.63. The largest absolute Gasteiger partial charge is 0.462 e. The molecule has 1 saturated heterocycles. The second-order valence-electron chi connectivity index (χ2n) is 4.70. The van der Waals surface area contributed by atoms with Crippen molar-refractivity contribution in [1.29, 1.82) is 0 Å². The Morgan fingerprint density at radius 2 is 2.26 bits per heavy atom. The molecular weight excluding hydrogens is 244 g/mol. The highest BCUT2D eigenvalue weighted by molar-refractivity contribution is 5.94.